The van der Waals surface area contributed by atoms with Crippen LogP contribution in [0.25, 0.3) is 0 Å². The number of amides is 2. The molecule has 2 aromatic rings. The van der Waals surface area contributed by atoms with E-state index in [-0.39, 0.29) is 57.8 Å². The molecule has 0 unspecified atom stereocenters. The minimum Gasteiger partial charge on any atom is -0.482 e. The molecule has 0 aliphatic carbocycles. The predicted molar refractivity (Wildman–Crippen MR) is 115 cm³/mol. The van der Waals surface area contributed by atoms with Crippen molar-refractivity contribution in [1.29, 1.82) is 0 Å². The molecule has 0 radical (unpaired) electrons. The Morgan fingerprint density at radius 2 is 1.15 bits per heavy atom. The van der Waals surface area contributed by atoms with Crippen LogP contribution >= 0.6 is 0 Å². The molecule has 10 nitrogen and oxygen atoms in total. The van der Waals surface area contributed by atoms with Crippen molar-refractivity contribution in [3.8, 4) is 11.5 Å². The third-order valence-corrected chi connectivity index (χ3v) is 5.01. The summed E-state index contributed by atoms with van der Waals surface area (Å²) in [6.45, 7) is -0.723. The number of hydrogen-bond acceptors (Lipinski definition) is 8. The molecule has 0 fully saturated rings. The molecule has 0 spiro atoms. The first-order valence-corrected chi connectivity index (χ1v) is 10.4. The number of ether oxygens (including phenoxy) is 4. The summed E-state index contributed by atoms with van der Waals surface area (Å²) in [7, 11) is 0. The monoisotopic (exact) mass is 454 g/mol. The van der Waals surface area contributed by atoms with Gasteiger partial charge in [0.15, 0.2) is 13.2 Å². The van der Waals surface area contributed by atoms with Crippen LogP contribution in [0.1, 0.15) is 6.42 Å². The van der Waals surface area contributed by atoms with Crippen molar-refractivity contribution < 1.29 is 38.1 Å². The maximum atomic E-state index is 12.2. The Morgan fingerprint density at radius 1 is 0.727 bits per heavy atom. The van der Waals surface area contributed by atoms with Gasteiger partial charge in [0.05, 0.1) is 24.6 Å². The number of carbonyl (C=O) groups is 4. The van der Waals surface area contributed by atoms with Crippen molar-refractivity contribution in [3.05, 3.63) is 48.5 Å². The van der Waals surface area contributed by atoms with Crippen molar-refractivity contribution >= 4 is 35.1 Å². The summed E-state index contributed by atoms with van der Waals surface area (Å²) in [5.41, 5.74) is 1.03. The van der Waals surface area contributed by atoms with Gasteiger partial charge in [0, 0.05) is 6.42 Å². The Hall–Kier alpha value is -4.08. The van der Waals surface area contributed by atoms with Crippen molar-refractivity contribution in [2.75, 3.05) is 49.3 Å². The minimum absolute atomic E-state index is 0.0195. The zero-order valence-electron chi connectivity index (χ0n) is 17.7. The van der Waals surface area contributed by atoms with Crippen LogP contribution in [0, 0.1) is 0 Å². The maximum absolute atomic E-state index is 12.2. The van der Waals surface area contributed by atoms with E-state index in [0.717, 1.165) is 0 Å². The first-order chi connectivity index (χ1) is 16.0. The number of fused-ring (bicyclic) bond motifs is 2. The number of esters is 2. The third kappa shape index (κ3) is 5.22. The molecule has 172 valence electrons. The molecule has 2 aromatic carbocycles. The molecule has 2 amide bonds. The lowest BCUT2D eigenvalue weighted by molar-refractivity contribution is -0.145. The van der Waals surface area contributed by atoms with Crippen molar-refractivity contribution in [1.82, 2.24) is 0 Å². The topological polar surface area (TPSA) is 112 Å². The largest absolute Gasteiger partial charge is 0.482 e. The summed E-state index contributed by atoms with van der Waals surface area (Å²) >= 11 is 0. The minimum atomic E-state index is -0.582. The van der Waals surface area contributed by atoms with E-state index in [1.807, 2.05) is 0 Å². The van der Waals surface area contributed by atoms with Gasteiger partial charge in [-0.3, -0.25) is 29.0 Å². The Kier molecular flexibility index (Phi) is 6.72. The predicted octanol–water partition coefficient (Wildman–Crippen LogP) is 1.31. The molecule has 10 heteroatoms. The Morgan fingerprint density at radius 3 is 1.61 bits per heavy atom. The molecular formula is C23H22N2O8. The van der Waals surface area contributed by atoms with Crippen LogP contribution in [0.2, 0.25) is 0 Å². The second-order valence-corrected chi connectivity index (χ2v) is 7.27. The summed E-state index contributed by atoms with van der Waals surface area (Å²) in [6, 6.07) is 13.9. The Balaban J connectivity index is 1.18. The summed E-state index contributed by atoms with van der Waals surface area (Å²) < 4.78 is 21.0. The first kappa shape index (κ1) is 22.1. The highest BCUT2D eigenvalue weighted by Crippen LogP contribution is 2.32. The van der Waals surface area contributed by atoms with Gasteiger partial charge in [-0.1, -0.05) is 24.3 Å². The van der Waals surface area contributed by atoms with E-state index in [2.05, 4.69) is 0 Å². The lowest BCUT2D eigenvalue weighted by atomic mass is 10.2. The quantitative estimate of drug-likeness (QED) is 0.434. The number of hydrogen-bond donors (Lipinski definition) is 0. The van der Waals surface area contributed by atoms with E-state index in [1.165, 1.54) is 9.80 Å². The van der Waals surface area contributed by atoms with Crippen LogP contribution in [0.4, 0.5) is 11.4 Å². The second-order valence-electron chi connectivity index (χ2n) is 7.27. The average Bonchev–Trinajstić information content (AvgIpc) is 2.82. The standard InChI is InChI=1S/C23H22N2O8/c26-20-14-32-18-8-3-1-6-16(18)24(20)12-22(28)30-10-5-11-31-23(29)13-25-17-7-2-4-9-19(17)33-15-21(25)27/h1-4,6-9H,5,10-15H2. The number of anilines is 2. The molecule has 0 bridgehead atoms. The summed E-state index contributed by atoms with van der Waals surface area (Å²) in [5, 5.41) is 0. The number of para-hydroxylation sites is 4. The molecule has 0 aromatic heterocycles. The number of carbonyl (C=O) groups excluding carboxylic acids is 4. The van der Waals surface area contributed by atoms with Crippen LogP contribution in [0.15, 0.2) is 48.5 Å². The van der Waals surface area contributed by atoms with Crippen LogP contribution in [-0.2, 0) is 28.7 Å². The van der Waals surface area contributed by atoms with Crippen LogP contribution in [0.3, 0.4) is 0 Å². The lowest BCUT2D eigenvalue weighted by Crippen LogP contribution is -2.42. The Labute approximate surface area is 189 Å². The van der Waals surface area contributed by atoms with E-state index in [0.29, 0.717) is 22.9 Å². The number of benzene rings is 2. The van der Waals surface area contributed by atoms with E-state index >= 15 is 0 Å². The van der Waals surface area contributed by atoms with Crippen molar-refractivity contribution in [3.63, 3.8) is 0 Å². The number of rotatable bonds is 8. The maximum Gasteiger partial charge on any atom is 0.326 e. The van der Waals surface area contributed by atoms with Gasteiger partial charge in [-0.05, 0) is 24.3 Å². The van der Waals surface area contributed by atoms with E-state index < -0.39 is 11.9 Å². The van der Waals surface area contributed by atoms with Gasteiger partial charge in [-0.2, -0.15) is 0 Å². The SMILES string of the molecule is O=C(CN1C(=O)COc2ccccc21)OCCCOC(=O)CN1C(=O)COc2ccccc21. The highest BCUT2D eigenvalue weighted by Gasteiger charge is 2.28. The molecule has 0 N–H and O–H groups in total. The molecule has 0 saturated carbocycles. The second kappa shape index (κ2) is 10.0. The summed E-state index contributed by atoms with van der Waals surface area (Å²) in [6.07, 6.45) is 0.277. The zero-order valence-corrected chi connectivity index (χ0v) is 17.7. The third-order valence-electron chi connectivity index (χ3n) is 5.01. The average molecular weight is 454 g/mol. The van der Waals surface area contributed by atoms with Gasteiger partial charge in [0.25, 0.3) is 11.8 Å². The molecule has 33 heavy (non-hydrogen) atoms. The fraction of sp³-hybridized carbons (Fsp3) is 0.304. The van der Waals surface area contributed by atoms with Crippen LogP contribution in [-0.4, -0.2) is 63.3 Å². The normalized spacial score (nSPS) is 14.5. The van der Waals surface area contributed by atoms with Crippen molar-refractivity contribution in [2.45, 2.75) is 6.42 Å². The van der Waals surface area contributed by atoms with Crippen molar-refractivity contribution in [2.24, 2.45) is 0 Å². The van der Waals surface area contributed by atoms with Gasteiger partial charge in [0.1, 0.15) is 24.6 Å². The van der Waals surface area contributed by atoms with Gasteiger partial charge in [0.2, 0.25) is 0 Å². The van der Waals surface area contributed by atoms with Crippen LogP contribution in [0.5, 0.6) is 11.5 Å². The summed E-state index contributed by atoms with van der Waals surface area (Å²) in [5.74, 6) is -0.780. The highest BCUT2D eigenvalue weighted by molar-refractivity contribution is 6.02. The zero-order chi connectivity index (χ0) is 23.2. The van der Waals surface area contributed by atoms with Gasteiger partial charge in [-0.25, -0.2) is 0 Å². The van der Waals surface area contributed by atoms with Gasteiger partial charge < -0.3 is 18.9 Å². The first-order valence-electron chi connectivity index (χ1n) is 10.4. The smallest absolute Gasteiger partial charge is 0.326 e. The molecule has 2 aliphatic rings. The van der Waals surface area contributed by atoms with E-state index in [9.17, 15) is 19.2 Å². The molecular weight excluding hydrogens is 432 g/mol. The molecule has 2 heterocycles. The lowest BCUT2D eigenvalue weighted by Gasteiger charge is -2.28. The van der Waals surface area contributed by atoms with E-state index in [1.54, 1.807) is 48.5 Å². The van der Waals surface area contributed by atoms with E-state index in [4.69, 9.17) is 18.9 Å². The Bertz CT molecular complexity index is 986. The molecule has 2 aliphatic heterocycles. The summed E-state index contributed by atoms with van der Waals surface area (Å²) in [4.78, 5) is 51.2. The number of nitrogens with zero attached hydrogens (tertiary/aromatic N) is 2. The molecule has 0 atom stereocenters. The fourth-order valence-electron chi connectivity index (χ4n) is 3.44. The highest BCUT2D eigenvalue weighted by atomic mass is 16.5. The molecule has 4 rings (SSSR count). The molecule has 0 saturated heterocycles. The van der Waals surface area contributed by atoms with Gasteiger partial charge in [-0.15, -0.1) is 0 Å². The fourth-order valence-corrected chi connectivity index (χ4v) is 3.44. The van der Waals surface area contributed by atoms with Crippen LogP contribution < -0.4 is 19.3 Å². The van der Waals surface area contributed by atoms with Gasteiger partial charge >= 0.3 is 11.9 Å².